The van der Waals surface area contributed by atoms with E-state index < -0.39 is 0 Å². The summed E-state index contributed by atoms with van der Waals surface area (Å²) in [6.07, 6.45) is 2.96. The molecule has 0 unspecified atom stereocenters. The molecule has 0 fully saturated rings. The molecule has 2 aromatic carbocycles. The van der Waals surface area contributed by atoms with Crippen LogP contribution in [0.3, 0.4) is 0 Å². The second-order valence-corrected chi connectivity index (χ2v) is 6.91. The third-order valence-electron chi connectivity index (χ3n) is 4.45. The summed E-state index contributed by atoms with van der Waals surface area (Å²) in [5.74, 6) is 0.619. The molecule has 5 nitrogen and oxygen atoms in total. The van der Waals surface area contributed by atoms with Crippen LogP contribution in [0.25, 0.3) is 17.0 Å². The van der Waals surface area contributed by atoms with Gasteiger partial charge in [0.05, 0.1) is 6.54 Å². The van der Waals surface area contributed by atoms with Crippen molar-refractivity contribution in [3.8, 4) is 5.75 Å². The highest BCUT2D eigenvalue weighted by Gasteiger charge is 2.06. The van der Waals surface area contributed by atoms with Crippen molar-refractivity contribution in [2.24, 2.45) is 0 Å². The molecule has 5 heteroatoms. The fraction of sp³-hybridized carbons (Fsp3) is 0.217. The highest BCUT2D eigenvalue weighted by atomic mass is 16.5. The van der Waals surface area contributed by atoms with Gasteiger partial charge in [0.15, 0.2) is 0 Å². The third kappa shape index (κ3) is 4.88. The number of para-hydroxylation sites is 1. The molecule has 0 atom stereocenters. The zero-order chi connectivity index (χ0) is 20.1. The number of amides is 1. The summed E-state index contributed by atoms with van der Waals surface area (Å²) in [6, 6.07) is 15.3. The van der Waals surface area contributed by atoms with E-state index in [2.05, 4.69) is 11.1 Å². The number of aryl methyl sites for hydroxylation is 2. The van der Waals surface area contributed by atoms with Crippen LogP contribution in [0, 0.1) is 13.8 Å². The summed E-state index contributed by atoms with van der Waals surface area (Å²) >= 11 is 0. The molecular formula is C23H24N2O3. The molecular weight excluding hydrogens is 352 g/mol. The van der Waals surface area contributed by atoms with Crippen LogP contribution in [0.1, 0.15) is 16.7 Å². The molecule has 3 rings (SSSR count). The fourth-order valence-electron chi connectivity index (χ4n) is 3.00. The normalized spacial score (nSPS) is 11.1. The number of carbonyl (C=O) groups is 1. The smallest absolute Gasteiger partial charge is 0.255 e. The van der Waals surface area contributed by atoms with Gasteiger partial charge in [-0.15, -0.1) is 0 Å². The van der Waals surface area contributed by atoms with Gasteiger partial charge in [0.1, 0.15) is 12.4 Å². The van der Waals surface area contributed by atoms with Gasteiger partial charge in [-0.1, -0.05) is 24.3 Å². The number of pyridine rings is 1. The van der Waals surface area contributed by atoms with Gasteiger partial charge >= 0.3 is 0 Å². The maximum absolute atomic E-state index is 12.3. The van der Waals surface area contributed by atoms with Gasteiger partial charge in [-0.3, -0.25) is 9.59 Å². The Hall–Kier alpha value is -3.34. The van der Waals surface area contributed by atoms with Gasteiger partial charge in [-0.05, 0) is 60.7 Å². The fourth-order valence-corrected chi connectivity index (χ4v) is 3.00. The van der Waals surface area contributed by atoms with Crippen LogP contribution in [-0.4, -0.2) is 36.0 Å². The molecule has 1 amide bonds. The van der Waals surface area contributed by atoms with Gasteiger partial charge in [-0.25, -0.2) is 0 Å². The maximum atomic E-state index is 12.3. The molecule has 0 saturated carbocycles. The minimum atomic E-state index is -0.219. The number of aromatic nitrogens is 1. The number of ether oxygens (including phenoxy) is 1. The average molecular weight is 376 g/mol. The van der Waals surface area contributed by atoms with Crippen molar-refractivity contribution in [1.29, 1.82) is 0 Å². The van der Waals surface area contributed by atoms with E-state index in [4.69, 9.17) is 4.74 Å². The summed E-state index contributed by atoms with van der Waals surface area (Å²) in [4.78, 5) is 28.8. The Balaban J connectivity index is 1.59. The summed E-state index contributed by atoms with van der Waals surface area (Å²) < 4.78 is 5.75. The highest BCUT2D eigenvalue weighted by Crippen LogP contribution is 2.16. The number of hydrogen-bond donors (Lipinski definition) is 1. The Kier molecular flexibility index (Phi) is 5.94. The number of carbonyl (C=O) groups excluding carboxylic acids is 1. The number of nitrogens with zero attached hydrogens (tertiary/aromatic N) is 1. The molecule has 0 aliphatic rings. The van der Waals surface area contributed by atoms with E-state index in [1.807, 2.05) is 50.2 Å². The Labute approximate surface area is 164 Å². The molecule has 0 saturated heterocycles. The minimum absolute atomic E-state index is 0.184. The molecule has 0 aliphatic carbocycles. The first-order valence-electron chi connectivity index (χ1n) is 9.19. The predicted octanol–water partition coefficient (Wildman–Crippen LogP) is 3.70. The first-order chi connectivity index (χ1) is 13.4. The van der Waals surface area contributed by atoms with Crippen LogP contribution in [0.4, 0.5) is 0 Å². The number of hydrogen-bond acceptors (Lipinski definition) is 3. The van der Waals surface area contributed by atoms with Crippen LogP contribution in [0.5, 0.6) is 5.75 Å². The molecule has 1 N–H and O–H groups in total. The van der Waals surface area contributed by atoms with Crippen LogP contribution < -0.4 is 10.3 Å². The number of benzene rings is 2. The molecule has 28 heavy (non-hydrogen) atoms. The van der Waals surface area contributed by atoms with Crippen molar-refractivity contribution in [1.82, 2.24) is 9.88 Å². The lowest BCUT2D eigenvalue weighted by molar-refractivity contribution is -0.125. The van der Waals surface area contributed by atoms with Crippen LogP contribution in [0.15, 0.2) is 59.4 Å². The first-order valence-corrected chi connectivity index (χ1v) is 9.19. The zero-order valence-corrected chi connectivity index (χ0v) is 16.4. The first kappa shape index (κ1) is 19.4. The molecule has 0 bridgehead atoms. The third-order valence-corrected chi connectivity index (χ3v) is 4.45. The standard InChI is InChI=1S/C23H24N2O3/c1-16-12-17(2)14-20(13-16)28-11-10-25(3)22(26)9-8-19-15-18-6-4-5-7-21(18)24-23(19)27/h4-9,12-15H,10-11H2,1-3H3,(H,24,27)/b9-8+. The van der Waals surface area contributed by atoms with Crippen molar-refractivity contribution >= 4 is 22.9 Å². The van der Waals surface area contributed by atoms with Gasteiger partial charge in [0, 0.05) is 24.2 Å². The lowest BCUT2D eigenvalue weighted by atomic mass is 10.1. The summed E-state index contributed by atoms with van der Waals surface area (Å²) in [6.45, 7) is 4.89. The Bertz CT molecular complexity index is 1060. The number of rotatable bonds is 6. The summed E-state index contributed by atoms with van der Waals surface area (Å²) in [5, 5.41) is 0.921. The van der Waals surface area contributed by atoms with Crippen LogP contribution >= 0.6 is 0 Å². The van der Waals surface area contributed by atoms with Crippen molar-refractivity contribution in [3.05, 3.63) is 81.7 Å². The minimum Gasteiger partial charge on any atom is -0.492 e. The van der Waals surface area contributed by atoms with E-state index in [-0.39, 0.29) is 11.5 Å². The second-order valence-electron chi connectivity index (χ2n) is 6.91. The highest BCUT2D eigenvalue weighted by molar-refractivity contribution is 5.92. The van der Waals surface area contributed by atoms with Gasteiger partial charge in [0.2, 0.25) is 5.91 Å². The van der Waals surface area contributed by atoms with Crippen LogP contribution in [0.2, 0.25) is 0 Å². The van der Waals surface area contributed by atoms with Gasteiger partial charge in [0.25, 0.3) is 5.56 Å². The summed E-state index contributed by atoms with van der Waals surface area (Å²) in [7, 11) is 1.71. The van der Waals surface area contributed by atoms with Crippen molar-refractivity contribution in [3.63, 3.8) is 0 Å². The van der Waals surface area contributed by atoms with E-state index in [0.717, 1.165) is 27.8 Å². The molecule has 144 valence electrons. The monoisotopic (exact) mass is 376 g/mol. The van der Waals surface area contributed by atoms with Crippen molar-refractivity contribution in [2.45, 2.75) is 13.8 Å². The Morgan fingerprint density at radius 1 is 1.11 bits per heavy atom. The zero-order valence-electron chi connectivity index (χ0n) is 16.4. The van der Waals surface area contributed by atoms with E-state index in [9.17, 15) is 9.59 Å². The topological polar surface area (TPSA) is 62.4 Å². The Morgan fingerprint density at radius 3 is 2.57 bits per heavy atom. The molecule has 0 spiro atoms. The molecule has 1 aromatic heterocycles. The quantitative estimate of drug-likeness (QED) is 0.668. The number of fused-ring (bicyclic) bond motifs is 1. The molecule has 1 heterocycles. The van der Waals surface area contributed by atoms with Crippen molar-refractivity contribution in [2.75, 3.05) is 20.2 Å². The maximum Gasteiger partial charge on any atom is 0.255 e. The number of H-pyrrole nitrogens is 1. The SMILES string of the molecule is Cc1cc(C)cc(OCCN(C)C(=O)/C=C/c2cc3ccccc3[nH]c2=O)c1. The second kappa shape index (κ2) is 8.57. The van der Waals surface area contributed by atoms with Crippen molar-refractivity contribution < 1.29 is 9.53 Å². The number of aromatic amines is 1. The summed E-state index contributed by atoms with van der Waals surface area (Å²) in [5.41, 5.74) is 3.29. The molecule has 3 aromatic rings. The van der Waals surface area contributed by atoms with E-state index >= 15 is 0 Å². The van der Waals surface area contributed by atoms with E-state index in [1.165, 1.54) is 6.08 Å². The van der Waals surface area contributed by atoms with Gasteiger partial charge in [-0.2, -0.15) is 0 Å². The number of nitrogens with one attached hydrogen (secondary N) is 1. The van der Waals surface area contributed by atoms with Gasteiger partial charge < -0.3 is 14.6 Å². The Morgan fingerprint density at radius 2 is 1.82 bits per heavy atom. The average Bonchev–Trinajstić information content (AvgIpc) is 2.65. The molecule has 0 aliphatic heterocycles. The largest absolute Gasteiger partial charge is 0.492 e. The predicted molar refractivity (Wildman–Crippen MR) is 113 cm³/mol. The molecule has 0 radical (unpaired) electrons. The van der Waals surface area contributed by atoms with E-state index in [1.54, 1.807) is 24.1 Å². The lowest BCUT2D eigenvalue weighted by Crippen LogP contribution is -2.29. The lowest BCUT2D eigenvalue weighted by Gasteiger charge is -2.16. The van der Waals surface area contributed by atoms with Crippen LogP contribution in [-0.2, 0) is 4.79 Å². The van der Waals surface area contributed by atoms with E-state index in [0.29, 0.717) is 18.7 Å². The number of likely N-dealkylation sites (N-methyl/N-ethyl adjacent to an activating group) is 1.